The molecular weight excluding hydrogens is 616 g/mol. The lowest BCUT2D eigenvalue weighted by molar-refractivity contribution is -0.134. The molecule has 0 atom stereocenters. The molecule has 0 aliphatic rings. The maximum absolute atomic E-state index is 12.4. The van der Waals surface area contributed by atoms with E-state index in [1.165, 1.54) is 0 Å². The van der Waals surface area contributed by atoms with Crippen LogP contribution in [0.3, 0.4) is 0 Å². The lowest BCUT2D eigenvalue weighted by Gasteiger charge is -2.23. The minimum Gasteiger partial charge on any atom is -0.481 e. The Bertz CT molecular complexity index is 1480. The molecule has 0 spiro atoms. The maximum Gasteiger partial charge on any atom is 0.328 e. The van der Waals surface area contributed by atoms with Crippen LogP contribution in [0.2, 0.25) is 0 Å². The van der Waals surface area contributed by atoms with Gasteiger partial charge in [-0.3, -0.25) is 9.78 Å². The molecule has 6 N–H and O–H groups in total. The first kappa shape index (κ1) is 39.0. The Kier molecular flexibility index (Phi) is 18.6. The number of aromatic nitrogens is 4. The minimum absolute atomic E-state index is 0.141. The Morgan fingerprint density at radius 2 is 1.51 bits per heavy atom. The number of H-pyrrole nitrogens is 1. The average molecular weight is 655 g/mol. The highest BCUT2D eigenvalue weighted by Crippen LogP contribution is 2.13. The summed E-state index contributed by atoms with van der Waals surface area (Å²) in [5.41, 5.74) is 1.41. The van der Waals surface area contributed by atoms with Crippen LogP contribution < -0.4 is 20.5 Å². The van der Waals surface area contributed by atoms with E-state index in [0.29, 0.717) is 48.1 Å². The molecule has 47 heavy (non-hydrogen) atoms. The Balaban J connectivity index is 0.000000569. The summed E-state index contributed by atoms with van der Waals surface area (Å²) in [7, 11) is 1.57. The number of hydrogen-bond donors (Lipinski definition) is 6. The number of ether oxygens (including phenoxy) is 1. The van der Waals surface area contributed by atoms with E-state index in [1.807, 2.05) is 36.5 Å². The molecule has 0 amide bonds. The van der Waals surface area contributed by atoms with Crippen molar-refractivity contribution in [2.75, 3.05) is 37.0 Å². The highest BCUT2D eigenvalue weighted by molar-refractivity contribution is 5.90. The third kappa shape index (κ3) is 18.4. The van der Waals surface area contributed by atoms with E-state index in [4.69, 9.17) is 25.2 Å². The van der Waals surface area contributed by atoms with E-state index in [-0.39, 0.29) is 5.56 Å². The zero-order valence-corrected chi connectivity index (χ0v) is 25.9. The number of pyridine rings is 2. The van der Waals surface area contributed by atoms with Gasteiger partial charge in [0, 0.05) is 80.6 Å². The standard InChI is InChI=1S/C23H30N6O2.2C4H4O4/c1-3-13-29(20-8-4-5-10-24-20)14-7-6-11-26-23-27-17-19(22(30)28-23)15-18-9-12-25-21(16-18)31-2;2*5-3(6)1-2-4(7)8/h4-5,8-10,12,16-17H,3,6-7,11,13-15H2,1-2H3,(H2,26,27,28,30);2*1-2H,(H,5,6)(H,7,8)/b;2*2-1-. The molecule has 0 radical (unpaired) electrons. The molecule has 0 saturated carbocycles. The van der Waals surface area contributed by atoms with Crippen molar-refractivity contribution in [3.8, 4) is 5.88 Å². The zero-order valence-electron chi connectivity index (χ0n) is 25.9. The normalized spacial score (nSPS) is 10.3. The SMILES string of the molecule is CCCN(CCCCNc1ncc(Cc2ccnc(OC)c2)c(=O)[nH]1)c1ccccn1.O=C(O)/C=C\C(=O)O.O=C(O)/C=C\C(=O)O. The van der Waals surface area contributed by atoms with Gasteiger partial charge in [0.2, 0.25) is 11.8 Å². The number of rotatable bonds is 16. The van der Waals surface area contributed by atoms with Gasteiger partial charge in [-0.05, 0) is 43.0 Å². The summed E-state index contributed by atoms with van der Waals surface area (Å²) < 4.78 is 5.13. The molecule has 0 aromatic carbocycles. The van der Waals surface area contributed by atoms with Crippen LogP contribution in [0.25, 0.3) is 0 Å². The van der Waals surface area contributed by atoms with E-state index >= 15 is 0 Å². The van der Waals surface area contributed by atoms with Gasteiger partial charge in [-0.1, -0.05) is 13.0 Å². The number of carboxylic acid groups (broad SMARTS) is 4. The molecule has 0 aliphatic carbocycles. The summed E-state index contributed by atoms with van der Waals surface area (Å²) >= 11 is 0. The van der Waals surface area contributed by atoms with E-state index in [0.717, 1.165) is 50.3 Å². The summed E-state index contributed by atoms with van der Waals surface area (Å²) in [6.07, 6.45) is 10.9. The van der Waals surface area contributed by atoms with Gasteiger partial charge in [0.1, 0.15) is 5.82 Å². The third-order valence-corrected chi connectivity index (χ3v) is 5.63. The van der Waals surface area contributed by atoms with Gasteiger partial charge < -0.3 is 35.4 Å². The van der Waals surface area contributed by atoms with Crippen molar-refractivity contribution in [1.82, 2.24) is 19.9 Å². The molecule has 3 aromatic rings. The fourth-order valence-corrected chi connectivity index (χ4v) is 3.60. The summed E-state index contributed by atoms with van der Waals surface area (Å²) in [4.78, 5) is 68.6. The number of hydrogen-bond acceptors (Lipinski definition) is 11. The first-order chi connectivity index (χ1) is 22.4. The zero-order chi connectivity index (χ0) is 35.0. The number of carbonyl (C=O) groups is 4. The number of aliphatic carboxylic acids is 4. The van der Waals surface area contributed by atoms with Gasteiger partial charge in [0.15, 0.2) is 0 Å². The molecule has 16 heteroatoms. The maximum atomic E-state index is 12.4. The van der Waals surface area contributed by atoms with Crippen LogP contribution in [-0.2, 0) is 25.6 Å². The smallest absolute Gasteiger partial charge is 0.328 e. The van der Waals surface area contributed by atoms with Crippen LogP contribution in [0.15, 0.2) is 78.0 Å². The number of methoxy groups -OCH3 is 1. The summed E-state index contributed by atoms with van der Waals surface area (Å²) in [6.45, 7) is 4.86. The van der Waals surface area contributed by atoms with Crippen molar-refractivity contribution in [1.29, 1.82) is 0 Å². The predicted octanol–water partition coefficient (Wildman–Crippen LogP) is 2.69. The van der Waals surface area contributed by atoms with Crippen LogP contribution in [0.5, 0.6) is 5.88 Å². The second-order valence-corrected chi connectivity index (χ2v) is 9.30. The largest absolute Gasteiger partial charge is 0.481 e. The quantitative estimate of drug-likeness (QED) is 0.0960. The molecule has 0 saturated heterocycles. The van der Waals surface area contributed by atoms with Gasteiger partial charge >= 0.3 is 23.9 Å². The van der Waals surface area contributed by atoms with Gasteiger partial charge in [-0.2, -0.15) is 0 Å². The van der Waals surface area contributed by atoms with Crippen molar-refractivity contribution in [2.24, 2.45) is 0 Å². The summed E-state index contributed by atoms with van der Waals surface area (Å²) in [5, 5.41) is 34.5. The number of nitrogens with zero attached hydrogens (tertiary/aromatic N) is 4. The number of nitrogens with one attached hydrogen (secondary N) is 2. The Hall–Kier alpha value is -6.06. The first-order valence-electron chi connectivity index (χ1n) is 14.2. The second kappa shape index (κ2) is 22.4. The van der Waals surface area contributed by atoms with E-state index in [9.17, 15) is 24.0 Å². The number of carboxylic acids is 4. The third-order valence-electron chi connectivity index (χ3n) is 5.63. The topological polar surface area (TPSA) is 245 Å². The fourth-order valence-electron chi connectivity index (χ4n) is 3.60. The average Bonchev–Trinajstić information content (AvgIpc) is 3.04. The second-order valence-electron chi connectivity index (χ2n) is 9.30. The van der Waals surface area contributed by atoms with E-state index < -0.39 is 23.9 Å². The van der Waals surface area contributed by atoms with Crippen molar-refractivity contribution in [2.45, 2.75) is 32.6 Å². The molecule has 3 aromatic heterocycles. The van der Waals surface area contributed by atoms with Gasteiger partial charge in [0.05, 0.1) is 7.11 Å². The fraction of sp³-hybridized carbons (Fsp3) is 0.290. The van der Waals surface area contributed by atoms with Crippen molar-refractivity contribution in [3.63, 3.8) is 0 Å². The first-order valence-corrected chi connectivity index (χ1v) is 14.2. The Labute approximate surface area is 270 Å². The van der Waals surface area contributed by atoms with Gasteiger partial charge in [0.25, 0.3) is 5.56 Å². The molecule has 252 valence electrons. The molecule has 0 bridgehead atoms. The highest BCUT2D eigenvalue weighted by Gasteiger charge is 2.07. The minimum atomic E-state index is -1.26. The van der Waals surface area contributed by atoms with Gasteiger partial charge in [-0.15, -0.1) is 0 Å². The Morgan fingerprint density at radius 3 is 2.02 bits per heavy atom. The number of anilines is 2. The van der Waals surface area contributed by atoms with Gasteiger partial charge in [-0.25, -0.2) is 34.1 Å². The molecule has 0 fully saturated rings. The van der Waals surface area contributed by atoms with E-state index in [2.05, 4.69) is 37.1 Å². The monoisotopic (exact) mass is 654 g/mol. The predicted molar refractivity (Wildman–Crippen MR) is 172 cm³/mol. The highest BCUT2D eigenvalue weighted by atomic mass is 16.5. The molecule has 0 unspecified atom stereocenters. The summed E-state index contributed by atoms with van der Waals surface area (Å²) in [6, 6.07) is 9.68. The number of unbranched alkanes of at least 4 members (excludes halogenated alkanes) is 1. The molecule has 16 nitrogen and oxygen atoms in total. The summed E-state index contributed by atoms with van der Waals surface area (Å²) in [5.74, 6) is -2.98. The van der Waals surface area contributed by atoms with Crippen molar-refractivity contribution in [3.05, 3.63) is 94.7 Å². The molecular formula is C31H38N6O10. The molecule has 0 aliphatic heterocycles. The van der Waals surface area contributed by atoms with E-state index in [1.54, 1.807) is 19.5 Å². The van der Waals surface area contributed by atoms with Crippen molar-refractivity contribution < 1.29 is 44.3 Å². The molecule has 3 rings (SSSR count). The van der Waals surface area contributed by atoms with Crippen LogP contribution in [0.4, 0.5) is 11.8 Å². The Morgan fingerprint density at radius 1 is 0.872 bits per heavy atom. The van der Waals surface area contributed by atoms with Crippen LogP contribution in [0.1, 0.15) is 37.3 Å². The van der Waals surface area contributed by atoms with Crippen molar-refractivity contribution >= 4 is 35.6 Å². The number of aromatic amines is 1. The molecule has 3 heterocycles. The lowest BCUT2D eigenvalue weighted by Crippen LogP contribution is -2.26. The van der Waals surface area contributed by atoms with Crippen LogP contribution >= 0.6 is 0 Å². The lowest BCUT2D eigenvalue weighted by atomic mass is 10.1. The van der Waals surface area contributed by atoms with Crippen LogP contribution in [-0.4, -0.2) is 91.0 Å². The van der Waals surface area contributed by atoms with Crippen LogP contribution in [0, 0.1) is 0 Å².